The lowest BCUT2D eigenvalue weighted by Gasteiger charge is -2.48. The Bertz CT molecular complexity index is 957. The van der Waals surface area contributed by atoms with Gasteiger partial charge in [0, 0.05) is 29.3 Å². The van der Waals surface area contributed by atoms with Crippen LogP contribution >= 0.6 is 11.3 Å². The summed E-state index contributed by atoms with van der Waals surface area (Å²) in [4.78, 5) is 29.9. The van der Waals surface area contributed by atoms with E-state index in [1.807, 2.05) is 11.4 Å². The number of ketones is 1. The largest absolute Gasteiger partial charge is 0.508 e. The third kappa shape index (κ3) is 3.08. The Balaban J connectivity index is 1.35. The summed E-state index contributed by atoms with van der Waals surface area (Å²) in [6.07, 6.45) is 6.66. The van der Waals surface area contributed by atoms with E-state index in [0.717, 1.165) is 32.1 Å². The van der Waals surface area contributed by atoms with Crippen molar-refractivity contribution in [3.63, 3.8) is 0 Å². The maximum atomic E-state index is 13.3. The Labute approximate surface area is 174 Å². The van der Waals surface area contributed by atoms with Crippen LogP contribution in [0.4, 0.5) is 5.13 Å². The molecule has 29 heavy (non-hydrogen) atoms. The summed E-state index contributed by atoms with van der Waals surface area (Å²) >= 11 is 1.39. The molecule has 2 fully saturated rings. The predicted octanol–water partition coefficient (Wildman–Crippen LogP) is 4.53. The van der Waals surface area contributed by atoms with E-state index in [-0.39, 0.29) is 29.4 Å². The van der Waals surface area contributed by atoms with Crippen molar-refractivity contribution in [1.29, 1.82) is 0 Å². The molecule has 152 valence electrons. The fourth-order valence-electron chi connectivity index (χ4n) is 6.36. The average molecular weight is 411 g/mol. The molecule has 0 bridgehead atoms. The van der Waals surface area contributed by atoms with E-state index in [1.165, 1.54) is 22.5 Å². The minimum Gasteiger partial charge on any atom is -0.508 e. The molecule has 6 heteroatoms. The summed E-state index contributed by atoms with van der Waals surface area (Å²) in [6, 6.07) is 5.78. The maximum Gasteiger partial charge on any atom is 0.226 e. The Morgan fingerprint density at radius 1 is 1.38 bits per heavy atom. The summed E-state index contributed by atoms with van der Waals surface area (Å²) in [5.41, 5.74) is 2.32. The van der Waals surface area contributed by atoms with Crippen LogP contribution in [0.1, 0.15) is 56.1 Å². The first-order valence-electron chi connectivity index (χ1n) is 10.5. The van der Waals surface area contributed by atoms with Crippen LogP contribution in [0.2, 0.25) is 0 Å². The monoisotopic (exact) mass is 410 g/mol. The average Bonchev–Trinajstić information content (AvgIpc) is 3.29. The van der Waals surface area contributed by atoms with Crippen LogP contribution in [0.5, 0.6) is 5.75 Å². The summed E-state index contributed by atoms with van der Waals surface area (Å²) < 4.78 is 0. The minimum absolute atomic E-state index is 0.110. The summed E-state index contributed by atoms with van der Waals surface area (Å²) in [5.74, 6) is 1.62. The molecule has 2 N–H and O–H groups in total. The summed E-state index contributed by atoms with van der Waals surface area (Å²) in [5, 5.41) is 15.1. The number of thiazole rings is 1. The van der Waals surface area contributed by atoms with Crippen molar-refractivity contribution in [2.75, 3.05) is 5.32 Å². The zero-order valence-corrected chi connectivity index (χ0v) is 17.4. The highest BCUT2D eigenvalue weighted by Gasteiger charge is 2.58. The topological polar surface area (TPSA) is 79.3 Å². The van der Waals surface area contributed by atoms with Crippen molar-refractivity contribution in [1.82, 2.24) is 4.98 Å². The van der Waals surface area contributed by atoms with E-state index >= 15 is 0 Å². The van der Waals surface area contributed by atoms with Gasteiger partial charge in [0.15, 0.2) is 5.13 Å². The van der Waals surface area contributed by atoms with E-state index in [0.29, 0.717) is 28.6 Å². The predicted molar refractivity (Wildman–Crippen MR) is 112 cm³/mol. The number of rotatable bonds is 3. The number of carbonyl (C=O) groups is 2. The number of phenols is 1. The molecule has 1 amide bonds. The van der Waals surface area contributed by atoms with Gasteiger partial charge in [0.2, 0.25) is 5.91 Å². The molecular formula is C23H26N2O3S. The van der Waals surface area contributed by atoms with Gasteiger partial charge in [-0.25, -0.2) is 4.98 Å². The van der Waals surface area contributed by atoms with Crippen molar-refractivity contribution in [3.8, 4) is 5.75 Å². The molecule has 1 aromatic carbocycles. The lowest BCUT2D eigenvalue weighted by molar-refractivity contribution is -0.133. The summed E-state index contributed by atoms with van der Waals surface area (Å²) in [7, 11) is 0. The van der Waals surface area contributed by atoms with Crippen molar-refractivity contribution in [2.45, 2.75) is 51.4 Å². The number of phenolic OH excluding ortho intramolecular Hbond substituents is 1. The van der Waals surface area contributed by atoms with E-state index in [1.54, 1.807) is 12.3 Å². The van der Waals surface area contributed by atoms with Gasteiger partial charge in [-0.1, -0.05) is 13.0 Å². The van der Waals surface area contributed by atoms with Gasteiger partial charge in [0.1, 0.15) is 11.5 Å². The van der Waals surface area contributed by atoms with Crippen LogP contribution in [-0.2, 0) is 16.0 Å². The first-order valence-corrected chi connectivity index (χ1v) is 11.4. The molecule has 0 radical (unpaired) electrons. The summed E-state index contributed by atoms with van der Waals surface area (Å²) in [6.45, 7) is 2.14. The number of fused-ring (bicyclic) bond motifs is 5. The maximum absolute atomic E-state index is 13.3. The molecule has 3 aliphatic carbocycles. The number of nitrogens with zero attached hydrogens (tertiary/aromatic N) is 1. The molecule has 2 aromatic rings. The molecule has 5 rings (SSSR count). The lowest BCUT2D eigenvalue weighted by atomic mass is 9.55. The van der Waals surface area contributed by atoms with E-state index in [9.17, 15) is 14.7 Å². The first-order chi connectivity index (χ1) is 14.0. The molecular weight excluding hydrogens is 384 g/mol. The van der Waals surface area contributed by atoms with Crippen LogP contribution in [0, 0.1) is 23.2 Å². The van der Waals surface area contributed by atoms with Crippen molar-refractivity contribution in [3.05, 3.63) is 40.9 Å². The van der Waals surface area contributed by atoms with Crippen molar-refractivity contribution in [2.24, 2.45) is 23.2 Å². The number of aromatic nitrogens is 1. The van der Waals surface area contributed by atoms with Gasteiger partial charge in [0.25, 0.3) is 0 Å². The van der Waals surface area contributed by atoms with Gasteiger partial charge >= 0.3 is 0 Å². The van der Waals surface area contributed by atoms with E-state index in [4.69, 9.17) is 0 Å². The molecule has 1 aromatic heterocycles. The number of amides is 1. The quantitative estimate of drug-likeness (QED) is 0.779. The molecule has 1 heterocycles. The number of carbonyl (C=O) groups excluding carboxylic acids is 2. The first kappa shape index (κ1) is 18.8. The van der Waals surface area contributed by atoms with Gasteiger partial charge in [-0.2, -0.15) is 0 Å². The zero-order chi connectivity index (χ0) is 20.2. The third-order valence-electron chi connectivity index (χ3n) is 7.68. The lowest BCUT2D eigenvalue weighted by Crippen LogP contribution is -2.42. The van der Waals surface area contributed by atoms with Gasteiger partial charge in [0.05, 0.1) is 0 Å². The van der Waals surface area contributed by atoms with Gasteiger partial charge < -0.3 is 10.4 Å². The third-order valence-corrected chi connectivity index (χ3v) is 8.37. The Morgan fingerprint density at radius 2 is 2.24 bits per heavy atom. The van der Waals surface area contributed by atoms with E-state index in [2.05, 4.69) is 23.3 Å². The molecule has 5 atom stereocenters. The number of benzene rings is 1. The number of aryl methyl sites for hydroxylation is 1. The molecule has 0 spiro atoms. The zero-order valence-electron chi connectivity index (χ0n) is 16.6. The van der Waals surface area contributed by atoms with Gasteiger partial charge in [-0.15, -0.1) is 11.3 Å². The minimum atomic E-state index is -0.304. The highest BCUT2D eigenvalue weighted by atomic mass is 32.1. The van der Waals surface area contributed by atoms with Crippen LogP contribution in [0.15, 0.2) is 29.8 Å². The Kier molecular flexibility index (Phi) is 4.50. The van der Waals surface area contributed by atoms with Crippen LogP contribution < -0.4 is 5.32 Å². The fraction of sp³-hybridized carbons (Fsp3) is 0.522. The van der Waals surface area contributed by atoms with Gasteiger partial charge in [-0.3, -0.25) is 9.59 Å². The van der Waals surface area contributed by atoms with Crippen molar-refractivity contribution >= 4 is 28.2 Å². The van der Waals surface area contributed by atoms with E-state index < -0.39 is 0 Å². The highest BCUT2D eigenvalue weighted by Crippen LogP contribution is 2.61. The van der Waals surface area contributed by atoms with Crippen molar-refractivity contribution < 1.29 is 14.7 Å². The molecule has 5 unspecified atom stereocenters. The second kappa shape index (κ2) is 6.94. The number of hydrogen-bond donors (Lipinski definition) is 2. The second-order valence-electron chi connectivity index (χ2n) is 9.14. The van der Waals surface area contributed by atoms with Crippen LogP contribution in [-0.4, -0.2) is 21.8 Å². The molecule has 5 nitrogen and oxygen atoms in total. The standard InChI is InChI=1S/C23H26N2O3S/c1-23-7-6-17-16-5-3-15(26)10-13(16)2-4-18(17)19(23)11-14(21(23)28)12-20(27)25-22-24-8-9-29-22/h3,5,8-10,14,17-19,26H,2,4,6-7,11-12H2,1H3,(H,24,25,27). The SMILES string of the molecule is CC12CCC3c4ccc(O)cc4CCC3C1CC(CC(=O)Nc1nccs1)C2=O. The Morgan fingerprint density at radius 3 is 3.03 bits per heavy atom. The highest BCUT2D eigenvalue weighted by molar-refractivity contribution is 7.13. The molecule has 0 aliphatic heterocycles. The number of hydrogen-bond acceptors (Lipinski definition) is 5. The van der Waals surface area contributed by atoms with Crippen LogP contribution in [0.3, 0.4) is 0 Å². The van der Waals surface area contributed by atoms with Crippen LogP contribution in [0.25, 0.3) is 0 Å². The number of nitrogens with one attached hydrogen (secondary N) is 1. The fourth-order valence-corrected chi connectivity index (χ4v) is 6.91. The normalized spacial score (nSPS) is 32.9. The number of Topliss-reactive ketones (excluding diaryl/α,β-unsaturated/α-hetero) is 1. The number of aromatic hydroxyl groups is 1. The molecule has 0 saturated heterocycles. The van der Waals surface area contributed by atoms with Gasteiger partial charge in [-0.05, 0) is 73.1 Å². The molecule has 3 aliphatic rings. The smallest absolute Gasteiger partial charge is 0.226 e. The number of anilines is 1. The second-order valence-corrected chi connectivity index (χ2v) is 10.0. The molecule has 2 saturated carbocycles. The Hall–Kier alpha value is -2.21.